The molecule has 0 fully saturated rings. The zero-order chi connectivity index (χ0) is 9.78. The van der Waals surface area contributed by atoms with Crippen LogP contribution >= 0.6 is 0 Å². The summed E-state index contributed by atoms with van der Waals surface area (Å²) in [6.45, 7) is 2.82. The van der Waals surface area contributed by atoms with Crippen LogP contribution in [0.3, 0.4) is 0 Å². The van der Waals surface area contributed by atoms with Crippen LogP contribution in [0.2, 0.25) is 0 Å². The second-order valence-electron chi connectivity index (χ2n) is 2.85. The lowest BCUT2D eigenvalue weighted by molar-refractivity contribution is -0.165. The summed E-state index contributed by atoms with van der Waals surface area (Å²) in [5.41, 5.74) is 3.58. The van der Waals surface area contributed by atoms with E-state index in [1.807, 2.05) is 0 Å². The highest BCUT2D eigenvalue weighted by molar-refractivity contribution is 5.98. The number of hydrogen-bond acceptors (Lipinski definition) is 4. The maximum absolute atomic E-state index is 11.0. The van der Waals surface area contributed by atoms with Gasteiger partial charge in [-0.3, -0.25) is 9.59 Å². The standard InChI is InChI=1S/C7H13NO4/c1-7(2,5(9)10)6(11)12-4-3-8/h3-4,8H2,1-2H3,(H,9,10). The van der Waals surface area contributed by atoms with E-state index in [2.05, 4.69) is 4.74 Å². The van der Waals surface area contributed by atoms with Gasteiger partial charge in [0.2, 0.25) is 0 Å². The molecule has 0 amide bonds. The molecule has 0 aliphatic heterocycles. The Morgan fingerprint density at radius 2 is 2.00 bits per heavy atom. The molecule has 0 aromatic rings. The topological polar surface area (TPSA) is 89.6 Å². The van der Waals surface area contributed by atoms with Gasteiger partial charge < -0.3 is 15.6 Å². The van der Waals surface area contributed by atoms with Gasteiger partial charge in [-0.1, -0.05) is 0 Å². The van der Waals surface area contributed by atoms with Gasteiger partial charge >= 0.3 is 11.9 Å². The third kappa shape index (κ3) is 2.50. The number of ether oxygens (including phenoxy) is 1. The highest BCUT2D eigenvalue weighted by Gasteiger charge is 2.37. The van der Waals surface area contributed by atoms with Gasteiger partial charge in [-0.05, 0) is 13.8 Å². The maximum atomic E-state index is 11.0. The monoisotopic (exact) mass is 175 g/mol. The number of esters is 1. The van der Waals surface area contributed by atoms with E-state index < -0.39 is 17.4 Å². The van der Waals surface area contributed by atoms with Crippen LogP contribution in [0.25, 0.3) is 0 Å². The molecule has 0 aromatic carbocycles. The Balaban J connectivity index is 4.16. The molecular formula is C7H13NO4. The van der Waals surface area contributed by atoms with Crippen molar-refractivity contribution in [2.24, 2.45) is 11.1 Å². The molecule has 0 rings (SSSR count). The van der Waals surface area contributed by atoms with Crippen LogP contribution in [0.5, 0.6) is 0 Å². The average Bonchev–Trinajstić information content (AvgIpc) is 1.99. The van der Waals surface area contributed by atoms with Gasteiger partial charge in [-0.2, -0.15) is 0 Å². The van der Waals surface area contributed by atoms with Crippen molar-refractivity contribution in [3.63, 3.8) is 0 Å². The molecule has 0 bridgehead atoms. The van der Waals surface area contributed by atoms with E-state index in [-0.39, 0.29) is 13.2 Å². The van der Waals surface area contributed by atoms with Gasteiger partial charge in [0.1, 0.15) is 6.61 Å². The van der Waals surface area contributed by atoms with Crippen molar-refractivity contribution in [2.75, 3.05) is 13.2 Å². The van der Waals surface area contributed by atoms with Crippen molar-refractivity contribution in [1.29, 1.82) is 0 Å². The number of rotatable bonds is 4. The molecule has 5 heteroatoms. The molecule has 70 valence electrons. The number of carboxylic acid groups (broad SMARTS) is 1. The van der Waals surface area contributed by atoms with Gasteiger partial charge in [0.25, 0.3) is 0 Å². The summed E-state index contributed by atoms with van der Waals surface area (Å²) >= 11 is 0. The SMILES string of the molecule is CC(C)(C(=O)O)C(=O)OCCN. The van der Waals surface area contributed by atoms with E-state index in [4.69, 9.17) is 10.8 Å². The van der Waals surface area contributed by atoms with Crippen molar-refractivity contribution in [2.45, 2.75) is 13.8 Å². The van der Waals surface area contributed by atoms with Crippen molar-refractivity contribution in [1.82, 2.24) is 0 Å². The Labute approximate surface area is 70.5 Å². The van der Waals surface area contributed by atoms with E-state index in [9.17, 15) is 9.59 Å². The number of aliphatic carboxylic acids is 1. The first kappa shape index (κ1) is 10.9. The first-order chi connectivity index (χ1) is 5.42. The minimum absolute atomic E-state index is 0.0511. The highest BCUT2D eigenvalue weighted by atomic mass is 16.5. The van der Waals surface area contributed by atoms with Crippen LogP contribution in [0, 0.1) is 5.41 Å². The van der Waals surface area contributed by atoms with Crippen LogP contribution in [0.15, 0.2) is 0 Å². The lowest BCUT2D eigenvalue weighted by atomic mass is 9.94. The Kier molecular flexibility index (Phi) is 3.69. The fourth-order valence-electron chi connectivity index (χ4n) is 0.419. The van der Waals surface area contributed by atoms with Gasteiger partial charge in [-0.15, -0.1) is 0 Å². The summed E-state index contributed by atoms with van der Waals surface area (Å²) in [7, 11) is 0. The number of nitrogens with two attached hydrogens (primary N) is 1. The van der Waals surface area contributed by atoms with Gasteiger partial charge in [0.05, 0.1) is 0 Å². The highest BCUT2D eigenvalue weighted by Crippen LogP contribution is 2.16. The summed E-state index contributed by atoms with van der Waals surface area (Å²) in [5.74, 6) is -1.97. The van der Waals surface area contributed by atoms with Crippen molar-refractivity contribution in [3.8, 4) is 0 Å². The number of carbonyl (C=O) groups excluding carboxylic acids is 1. The second-order valence-corrected chi connectivity index (χ2v) is 2.85. The quantitative estimate of drug-likeness (QED) is 0.448. The predicted octanol–water partition coefficient (Wildman–Crippen LogP) is -0.401. The Morgan fingerprint density at radius 1 is 1.50 bits per heavy atom. The first-order valence-corrected chi connectivity index (χ1v) is 3.53. The minimum atomic E-state index is -1.49. The third-order valence-corrected chi connectivity index (χ3v) is 1.40. The second kappa shape index (κ2) is 4.06. The van der Waals surface area contributed by atoms with Crippen LogP contribution < -0.4 is 5.73 Å². The fraction of sp³-hybridized carbons (Fsp3) is 0.714. The van der Waals surface area contributed by atoms with Crippen molar-refractivity contribution in [3.05, 3.63) is 0 Å². The third-order valence-electron chi connectivity index (χ3n) is 1.40. The van der Waals surface area contributed by atoms with Crippen LogP contribution in [-0.4, -0.2) is 30.2 Å². The molecule has 0 aliphatic rings. The molecule has 0 spiro atoms. The molecular weight excluding hydrogens is 162 g/mol. The molecule has 5 nitrogen and oxygen atoms in total. The summed E-state index contributed by atoms with van der Waals surface area (Å²) in [6.07, 6.45) is 0. The average molecular weight is 175 g/mol. The molecule has 3 N–H and O–H groups in total. The molecule has 0 saturated carbocycles. The molecule has 12 heavy (non-hydrogen) atoms. The van der Waals surface area contributed by atoms with Crippen molar-refractivity contribution < 1.29 is 19.4 Å². The van der Waals surface area contributed by atoms with Crippen LogP contribution in [-0.2, 0) is 14.3 Å². The Bertz CT molecular complexity index is 188. The zero-order valence-electron chi connectivity index (χ0n) is 7.16. The molecule has 0 saturated heterocycles. The van der Waals surface area contributed by atoms with Gasteiger partial charge in [0.15, 0.2) is 5.41 Å². The molecule has 0 heterocycles. The molecule has 0 unspecified atom stereocenters. The molecule has 0 atom stereocenters. The van der Waals surface area contributed by atoms with Gasteiger partial charge in [0, 0.05) is 6.54 Å². The number of carbonyl (C=O) groups is 2. The first-order valence-electron chi connectivity index (χ1n) is 3.53. The lowest BCUT2D eigenvalue weighted by Crippen LogP contribution is -2.35. The molecule has 0 aromatic heterocycles. The smallest absolute Gasteiger partial charge is 0.322 e. The lowest BCUT2D eigenvalue weighted by Gasteiger charge is -2.16. The zero-order valence-corrected chi connectivity index (χ0v) is 7.16. The summed E-state index contributed by atoms with van der Waals surface area (Å²) in [4.78, 5) is 21.5. The number of carboxylic acids is 1. The summed E-state index contributed by atoms with van der Waals surface area (Å²) in [6, 6.07) is 0. The maximum Gasteiger partial charge on any atom is 0.322 e. The van der Waals surface area contributed by atoms with Crippen molar-refractivity contribution >= 4 is 11.9 Å². The Morgan fingerprint density at radius 3 is 2.33 bits per heavy atom. The normalized spacial score (nSPS) is 10.9. The predicted molar refractivity (Wildman–Crippen MR) is 41.4 cm³/mol. The molecule has 0 aliphatic carbocycles. The minimum Gasteiger partial charge on any atom is -0.480 e. The van der Waals surface area contributed by atoms with Crippen LogP contribution in [0.4, 0.5) is 0 Å². The van der Waals surface area contributed by atoms with E-state index in [1.165, 1.54) is 13.8 Å². The van der Waals surface area contributed by atoms with E-state index >= 15 is 0 Å². The Hall–Kier alpha value is -1.10. The fourth-order valence-corrected chi connectivity index (χ4v) is 0.419. The van der Waals surface area contributed by atoms with E-state index in [0.29, 0.717) is 0 Å². The van der Waals surface area contributed by atoms with Gasteiger partial charge in [-0.25, -0.2) is 0 Å². The van der Waals surface area contributed by atoms with E-state index in [1.54, 1.807) is 0 Å². The van der Waals surface area contributed by atoms with E-state index in [0.717, 1.165) is 0 Å². The number of hydrogen-bond donors (Lipinski definition) is 2. The van der Waals surface area contributed by atoms with Crippen LogP contribution in [0.1, 0.15) is 13.8 Å². The summed E-state index contributed by atoms with van der Waals surface area (Å²) in [5, 5.41) is 8.58. The largest absolute Gasteiger partial charge is 0.480 e. The summed E-state index contributed by atoms with van der Waals surface area (Å²) < 4.78 is 4.57. The molecule has 0 radical (unpaired) electrons.